The SMILES string of the molecule is Nc1cccc2oc(COc3ccc(O)cc3)cc12. The zero-order valence-corrected chi connectivity index (χ0v) is 10.2. The number of benzene rings is 2. The van der Waals surface area contributed by atoms with Crippen molar-refractivity contribution in [3.63, 3.8) is 0 Å². The average Bonchev–Trinajstić information content (AvgIpc) is 2.83. The van der Waals surface area contributed by atoms with Crippen LogP contribution in [0.2, 0.25) is 0 Å². The van der Waals surface area contributed by atoms with E-state index in [1.165, 1.54) is 0 Å². The standard InChI is InChI=1S/C15H13NO3/c16-14-2-1-3-15-13(14)8-12(19-15)9-18-11-6-4-10(17)5-7-11/h1-8,17H,9,16H2. The fourth-order valence-corrected chi connectivity index (χ4v) is 1.90. The lowest BCUT2D eigenvalue weighted by molar-refractivity contribution is 0.274. The molecule has 0 bridgehead atoms. The summed E-state index contributed by atoms with van der Waals surface area (Å²) >= 11 is 0. The Morgan fingerprint density at radius 2 is 1.89 bits per heavy atom. The first kappa shape index (κ1) is 11.5. The summed E-state index contributed by atoms with van der Waals surface area (Å²) in [6.45, 7) is 0.318. The molecule has 0 radical (unpaired) electrons. The van der Waals surface area contributed by atoms with Crippen LogP contribution in [0.5, 0.6) is 11.5 Å². The van der Waals surface area contributed by atoms with Crippen LogP contribution in [0.3, 0.4) is 0 Å². The molecule has 3 aromatic rings. The molecule has 0 spiro atoms. The van der Waals surface area contributed by atoms with Gasteiger partial charge in [-0.05, 0) is 42.5 Å². The molecule has 19 heavy (non-hydrogen) atoms. The molecule has 2 aromatic carbocycles. The minimum Gasteiger partial charge on any atom is -0.508 e. The van der Waals surface area contributed by atoms with Gasteiger partial charge in [-0.1, -0.05) is 6.07 Å². The van der Waals surface area contributed by atoms with Gasteiger partial charge in [-0.2, -0.15) is 0 Å². The predicted molar refractivity (Wildman–Crippen MR) is 73.1 cm³/mol. The van der Waals surface area contributed by atoms with Crippen LogP contribution in [0.15, 0.2) is 52.9 Å². The Labute approximate surface area is 110 Å². The molecule has 0 unspecified atom stereocenters. The van der Waals surface area contributed by atoms with E-state index in [4.69, 9.17) is 14.9 Å². The highest BCUT2D eigenvalue weighted by atomic mass is 16.5. The number of nitrogens with two attached hydrogens (primary N) is 1. The fraction of sp³-hybridized carbons (Fsp3) is 0.0667. The lowest BCUT2D eigenvalue weighted by Gasteiger charge is -2.03. The predicted octanol–water partition coefficient (Wildman–Crippen LogP) is 3.30. The number of rotatable bonds is 3. The number of phenolic OH excluding ortho intramolecular Hbond substituents is 1. The monoisotopic (exact) mass is 255 g/mol. The number of fused-ring (bicyclic) bond motifs is 1. The number of hydrogen-bond donors (Lipinski definition) is 2. The third-order valence-corrected chi connectivity index (χ3v) is 2.86. The van der Waals surface area contributed by atoms with Crippen molar-refractivity contribution in [3.8, 4) is 11.5 Å². The van der Waals surface area contributed by atoms with Gasteiger partial charge in [0, 0.05) is 11.1 Å². The maximum atomic E-state index is 9.18. The summed E-state index contributed by atoms with van der Waals surface area (Å²) in [5.74, 6) is 1.59. The molecular formula is C15H13NO3. The molecule has 4 heteroatoms. The average molecular weight is 255 g/mol. The highest BCUT2D eigenvalue weighted by molar-refractivity contribution is 5.89. The maximum Gasteiger partial charge on any atom is 0.146 e. The van der Waals surface area contributed by atoms with E-state index < -0.39 is 0 Å². The number of phenols is 1. The van der Waals surface area contributed by atoms with Gasteiger partial charge in [0.25, 0.3) is 0 Å². The second-order valence-corrected chi connectivity index (χ2v) is 4.25. The van der Waals surface area contributed by atoms with Crippen LogP contribution in [0.4, 0.5) is 5.69 Å². The van der Waals surface area contributed by atoms with E-state index in [-0.39, 0.29) is 5.75 Å². The van der Waals surface area contributed by atoms with Crippen molar-refractivity contribution in [2.75, 3.05) is 5.73 Å². The summed E-state index contributed by atoms with van der Waals surface area (Å²) in [4.78, 5) is 0. The van der Waals surface area contributed by atoms with Crippen molar-refractivity contribution in [2.24, 2.45) is 0 Å². The van der Waals surface area contributed by atoms with Gasteiger partial charge < -0.3 is 20.0 Å². The van der Waals surface area contributed by atoms with Crippen LogP contribution < -0.4 is 10.5 Å². The molecule has 4 nitrogen and oxygen atoms in total. The Balaban J connectivity index is 1.78. The van der Waals surface area contributed by atoms with Crippen LogP contribution in [0.1, 0.15) is 5.76 Å². The van der Waals surface area contributed by atoms with E-state index in [1.807, 2.05) is 24.3 Å². The van der Waals surface area contributed by atoms with Gasteiger partial charge >= 0.3 is 0 Å². The van der Waals surface area contributed by atoms with Gasteiger partial charge in [-0.15, -0.1) is 0 Å². The van der Waals surface area contributed by atoms with Gasteiger partial charge in [0.05, 0.1) is 0 Å². The Bertz CT molecular complexity index is 701. The van der Waals surface area contributed by atoms with Gasteiger partial charge in [-0.3, -0.25) is 0 Å². The van der Waals surface area contributed by atoms with E-state index in [1.54, 1.807) is 24.3 Å². The highest BCUT2D eigenvalue weighted by Gasteiger charge is 2.06. The van der Waals surface area contributed by atoms with Crippen LogP contribution in [0, 0.1) is 0 Å². The third kappa shape index (κ3) is 2.33. The summed E-state index contributed by atoms with van der Waals surface area (Å²) in [7, 11) is 0. The van der Waals surface area contributed by atoms with E-state index >= 15 is 0 Å². The lowest BCUT2D eigenvalue weighted by atomic mass is 10.2. The Kier molecular flexibility index (Phi) is 2.76. The van der Waals surface area contributed by atoms with Crippen molar-refractivity contribution in [1.82, 2.24) is 0 Å². The molecule has 0 amide bonds. The topological polar surface area (TPSA) is 68.6 Å². The number of furan rings is 1. The zero-order chi connectivity index (χ0) is 13.2. The first-order valence-electron chi connectivity index (χ1n) is 5.91. The summed E-state index contributed by atoms with van der Waals surface area (Å²) in [6.07, 6.45) is 0. The molecule has 3 N–H and O–H groups in total. The number of anilines is 1. The van der Waals surface area contributed by atoms with Gasteiger partial charge in [0.1, 0.15) is 29.4 Å². The normalized spacial score (nSPS) is 10.7. The van der Waals surface area contributed by atoms with Crippen molar-refractivity contribution in [1.29, 1.82) is 0 Å². The van der Waals surface area contributed by atoms with Gasteiger partial charge in [-0.25, -0.2) is 0 Å². The first-order valence-corrected chi connectivity index (χ1v) is 5.91. The molecule has 0 aliphatic carbocycles. The van der Waals surface area contributed by atoms with Gasteiger partial charge in [0.2, 0.25) is 0 Å². The molecule has 3 rings (SSSR count). The summed E-state index contributed by atoms with van der Waals surface area (Å²) in [6, 6.07) is 14.0. The molecule has 1 heterocycles. The zero-order valence-electron chi connectivity index (χ0n) is 10.2. The molecule has 0 aliphatic heterocycles. The molecule has 1 aromatic heterocycles. The molecule has 0 saturated heterocycles. The number of aromatic hydroxyl groups is 1. The molecule has 0 aliphatic rings. The number of ether oxygens (including phenoxy) is 1. The quantitative estimate of drug-likeness (QED) is 0.704. The van der Waals surface area contributed by atoms with E-state index in [0.29, 0.717) is 23.8 Å². The third-order valence-electron chi connectivity index (χ3n) is 2.86. The lowest BCUT2D eigenvalue weighted by Crippen LogP contribution is -1.92. The van der Waals surface area contributed by atoms with E-state index in [0.717, 1.165) is 11.0 Å². The summed E-state index contributed by atoms with van der Waals surface area (Å²) in [5.41, 5.74) is 7.31. The summed E-state index contributed by atoms with van der Waals surface area (Å²) < 4.78 is 11.2. The Morgan fingerprint density at radius 1 is 1.11 bits per heavy atom. The van der Waals surface area contributed by atoms with Crippen LogP contribution >= 0.6 is 0 Å². The Hall–Kier alpha value is -2.62. The second kappa shape index (κ2) is 4.57. The van der Waals surface area contributed by atoms with Crippen molar-refractivity contribution in [3.05, 3.63) is 54.3 Å². The van der Waals surface area contributed by atoms with Gasteiger partial charge in [0.15, 0.2) is 0 Å². The maximum absolute atomic E-state index is 9.18. The minimum atomic E-state index is 0.212. The van der Waals surface area contributed by atoms with E-state index in [2.05, 4.69) is 0 Å². The van der Waals surface area contributed by atoms with E-state index in [9.17, 15) is 5.11 Å². The molecule has 0 saturated carbocycles. The van der Waals surface area contributed by atoms with Crippen molar-refractivity contribution >= 4 is 16.7 Å². The second-order valence-electron chi connectivity index (χ2n) is 4.25. The fourth-order valence-electron chi connectivity index (χ4n) is 1.90. The first-order chi connectivity index (χ1) is 9.22. The Morgan fingerprint density at radius 3 is 2.63 bits per heavy atom. The minimum absolute atomic E-state index is 0.212. The van der Waals surface area contributed by atoms with Crippen LogP contribution in [-0.2, 0) is 6.61 Å². The molecular weight excluding hydrogens is 242 g/mol. The largest absolute Gasteiger partial charge is 0.508 e. The number of hydrogen-bond acceptors (Lipinski definition) is 4. The molecule has 0 atom stereocenters. The molecule has 0 fully saturated rings. The van der Waals surface area contributed by atoms with Crippen LogP contribution in [0.25, 0.3) is 11.0 Å². The van der Waals surface area contributed by atoms with Crippen LogP contribution in [-0.4, -0.2) is 5.11 Å². The van der Waals surface area contributed by atoms with Crippen molar-refractivity contribution < 1.29 is 14.3 Å². The summed E-state index contributed by atoms with van der Waals surface area (Å²) in [5, 5.41) is 10.1. The smallest absolute Gasteiger partial charge is 0.146 e. The highest BCUT2D eigenvalue weighted by Crippen LogP contribution is 2.25. The molecule has 96 valence electrons. The number of nitrogen functional groups attached to an aromatic ring is 1. The van der Waals surface area contributed by atoms with Crippen molar-refractivity contribution in [2.45, 2.75) is 6.61 Å².